The first-order valence-corrected chi connectivity index (χ1v) is 18.4. The molecule has 0 saturated carbocycles. The highest BCUT2D eigenvalue weighted by molar-refractivity contribution is 6.84. The molecule has 2 aliphatic rings. The van der Waals surface area contributed by atoms with E-state index in [2.05, 4.69) is 65.7 Å². The number of fused-ring (bicyclic) bond motifs is 1. The number of carbonyl (C=O) groups is 1. The zero-order valence-electron chi connectivity index (χ0n) is 25.6. The molecule has 0 spiro atoms. The van der Waals surface area contributed by atoms with E-state index in [1.54, 1.807) is 31.2 Å². The summed E-state index contributed by atoms with van der Waals surface area (Å²) in [6, 6.07) is 10.2. The summed E-state index contributed by atoms with van der Waals surface area (Å²) in [5, 5.41) is 14.6. The molecule has 2 N–H and O–H groups in total. The topological polar surface area (TPSA) is 121 Å². The van der Waals surface area contributed by atoms with Crippen LogP contribution in [-0.2, 0) is 17.7 Å². The van der Waals surface area contributed by atoms with Gasteiger partial charge < -0.3 is 28.1 Å². The van der Waals surface area contributed by atoms with Crippen molar-refractivity contribution in [1.29, 1.82) is 0 Å². The van der Waals surface area contributed by atoms with Crippen LogP contribution < -0.4 is 11.0 Å². The van der Waals surface area contributed by atoms with Gasteiger partial charge in [-0.2, -0.15) is 4.98 Å². The van der Waals surface area contributed by atoms with Crippen LogP contribution in [0.2, 0.25) is 22.2 Å². The van der Waals surface area contributed by atoms with E-state index in [1.165, 1.54) is 16.8 Å². The normalized spacial score (nSPS) is 27.6. The molecule has 2 fully saturated rings. The number of aromatic nitrogens is 2. The lowest BCUT2D eigenvalue weighted by Crippen LogP contribution is -2.67. The predicted octanol–water partition coefficient (Wildman–Crippen LogP) is 5.10. The Balaban J connectivity index is 1.69. The van der Waals surface area contributed by atoms with Crippen LogP contribution in [-0.4, -0.2) is 62.1 Å². The van der Waals surface area contributed by atoms with Crippen LogP contribution in [0, 0.1) is 0 Å². The average molecular weight is 604 g/mol. The SMILES string of the molecule is CC(C)[Si]1(C(C)C)OC[C@@H]2O[C@@H](n3ccc(NC(=O)c4ccccc4)nc3=O)[C@](C)(O)C2O[Si](C(C)C)(C(C)C)O1. The molecule has 3 heterocycles. The summed E-state index contributed by atoms with van der Waals surface area (Å²) < 4.78 is 28.6. The van der Waals surface area contributed by atoms with Crippen LogP contribution in [0.15, 0.2) is 47.4 Å². The molecule has 1 aromatic heterocycles. The van der Waals surface area contributed by atoms with Crippen molar-refractivity contribution < 1.29 is 27.6 Å². The zero-order valence-corrected chi connectivity index (χ0v) is 27.6. The molecule has 0 bridgehead atoms. The van der Waals surface area contributed by atoms with E-state index in [0.29, 0.717) is 5.56 Å². The molecule has 1 aromatic carbocycles. The lowest BCUT2D eigenvalue weighted by Gasteiger charge is -2.52. The Morgan fingerprint density at radius 3 is 2.12 bits per heavy atom. The Morgan fingerprint density at radius 2 is 1.59 bits per heavy atom. The third kappa shape index (κ3) is 5.75. The molecule has 4 atom stereocenters. The van der Waals surface area contributed by atoms with Gasteiger partial charge in [0.15, 0.2) is 6.23 Å². The first-order valence-electron chi connectivity index (χ1n) is 14.5. The van der Waals surface area contributed by atoms with Crippen molar-refractivity contribution in [3.63, 3.8) is 0 Å². The second kappa shape index (κ2) is 11.8. The molecular weight excluding hydrogens is 559 g/mol. The molecule has 1 unspecified atom stereocenters. The molecule has 0 radical (unpaired) electrons. The molecule has 2 saturated heterocycles. The standard InChI is InChI=1S/C29H45N3O7Si2/c1-18(2)40(19(3)4)36-17-23-25(38-41(39-40,20(5)6)21(7)8)29(9,35)27(37-23)32-16-15-24(31-28(32)34)30-26(33)22-13-11-10-12-14-22/h10-16,18-21,23,25,27,35H,17H2,1-9H3,(H,30,31,33,34)/t23-,25?,27+,29+/m0/s1. The maximum absolute atomic E-state index is 13.2. The molecule has 10 nitrogen and oxygen atoms in total. The smallest absolute Gasteiger partial charge is 0.351 e. The Morgan fingerprint density at radius 1 is 1.00 bits per heavy atom. The fourth-order valence-electron chi connectivity index (χ4n) is 6.12. The van der Waals surface area contributed by atoms with Gasteiger partial charge in [0, 0.05) is 11.8 Å². The number of hydrogen-bond donors (Lipinski definition) is 2. The van der Waals surface area contributed by atoms with E-state index in [0.717, 1.165) is 0 Å². The number of benzene rings is 1. The lowest BCUT2D eigenvalue weighted by molar-refractivity contribution is -0.0973. The van der Waals surface area contributed by atoms with Crippen LogP contribution in [0.1, 0.15) is 78.9 Å². The largest absolute Gasteiger partial charge is 0.414 e. The summed E-state index contributed by atoms with van der Waals surface area (Å²) >= 11 is 0. The van der Waals surface area contributed by atoms with E-state index in [9.17, 15) is 14.7 Å². The van der Waals surface area contributed by atoms with Gasteiger partial charge in [-0.05, 0) is 47.3 Å². The van der Waals surface area contributed by atoms with Gasteiger partial charge in [0.1, 0.15) is 23.6 Å². The summed E-state index contributed by atoms with van der Waals surface area (Å²) in [6.07, 6.45) is -1.03. The Hall–Kier alpha value is -2.20. The maximum Gasteiger partial charge on any atom is 0.351 e. The fraction of sp³-hybridized carbons (Fsp3) is 0.621. The van der Waals surface area contributed by atoms with Crippen molar-refractivity contribution in [1.82, 2.24) is 9.55 Å². The number of nitrogens with zero attached hydrogens (tertiary/aromatic N) is 2. The van der Waals surface area contributed by atoms with E-state index in [4.69, 9.17) is 17.7 Å². The number of amides is 1. The quantitative estimate of drug-likeness (QED) is 0.420. The molecule has 41 heavy (non-hydrogen) atoms. The average Bonchev–Trinajstić information content (AvgIpc) is 3.12. The number of carbonyl (C=O) groups excluding carboxylic acids is 1. The van der Waals surface area contributed by atoms with Gasteiger partial charge in [0.05, 0.1) is 6.61 Å². The van der Waals surface area contributed by atoms with Crippen LogP contribution in [0.5, 0.6) is 0 Å². The van der Waals surface area contributed by atoms with E-state index in [-0.39, 0.29) is 40.5 Å². The van der Waals surface area contributed by atoms with Crippen molar-refractivity contribution in [3.05, 3.63) is 58.6 Å². The van der Waals surface area contributed by atoms with Gasteiger partial charge in [-0.3, -0.25) is 9.36 Å². The van der Waals surface area contributed by atoms with Crippen LogP contribution in [0.4, 0.5) is 5.82 Å². The molecule has 0 aliphatic carbocycles. The maximum atomic E-state index is 13.2. The predicted molar refractivity (Wildman–Crippen MR) is 161 cm³/mol. The van der Waals surface area contributed by atoms with Gasteiger partial charge in [-0.15, -0.1) is 0 Å². The second-order valence-electron chi connectivity index (χ2n) is 12.6. The lowest BCUT2D eigenvalue weighted by atomic mass is 9.96. The summed E-state index contributed by atoms with van der Waals surface area (Å²) in [4.78, 5) is 29.9. The van der Waals surface area contributed by atoms with Crippen molar-refractivity contribution in [2.45, 2.75) is 109 Å². The van der Waals surface area contributed by atoms with E-state index >= 15 is 0 Å². The van der Waals surface area contributed by atoms with Crippen molar-refractivity contribution in [3.8, 4) is 0 Å². The Kier molecular flexibility index (Phi) is 9.15. The Bertz CT molecular complexity index is 1270. The molecule has 4 rings (SSSR count). The van der Waals surface area contributed by atoms with Crippen molar-refractivity contribution in [2.75, 3.05) is 11.9 Å². The minimum atomic E-state index is -3.01. The number of ether oxygens (including phenoxy) is 1. The third-order valence-corrected chi connectivity index (χ3v) is 18.6. The summed E-state index contributed by atoms with van der Waals surface area (Å²) in [5.74, 6) is -0.275. The van der Waals surface area contributed by atoms with Gasteiger partial charge in [-0.25, -0.2) is 4.79 Å². The van der Waals surface area contributed by atoms with Crippen molar-refractivity contribution in [2.24, 2.45) is 0 Å². The number of rotatable bonds is 7. The van der Waals surface area contributed by atoms with Gasteiger partial charge in [-0.1, -0.05) is 73.6 Å². The highest BCUT2D eigenvalue weighted by Crippen LogP contribution is 2.50. The van der Waals surface area contributed by atoms with Gasteiger partial charge >= 0.3 is 22.8 Å². The number of aliphatic hydroxyl groups is 1. The zero-order chi connectivity index (χ0) is 30.3. The fourth-order valence-corrected chi connectivity index (χ4v) is 17.4. The molecular formula is C29H45N3O7Si2. The third-order valence-electron chi connectivity index (χ3n) is 8.40. The van der Waals surface area contributed by atoms with Gasteiger partial charge in [0.2, 0.25) is 0 Å². The minimum absolute atomic E-state index is 0.0703. The Labute approximate surface area is 244 Å². The van der Waals surface area contributed by atoms with Crippen LogP contribution in [0.25, 0.3) is 0 Å². The number of hydrogen-bond acceptors (Lipinski definition) is 8. The number of anilines is 1. The second-order valence-corrected chi connectivity index (χ2v) is 21.4. The molecule has 2 aromatic rings. The number of nitrogens with one attached hydrogen (secondary N) is 1. The monoisotopic (exact) mass is 603 g/mol. The molecule has 226 valence electrons. The first kappa shape index (κ1) is 31.7. The first-order chi connectivity index (χ1) is 19.2. The summed E-state index contributed by atoms with van der Waals surface area (Å²) in [5.41, 5.74) is -1.36. The highest BCUT2D eigenvalue weighted by atomic mass is 28.5. The molecule has 2 aliphatic heterocycles. The molecule has 1 amide bonds. The molecule has 12 heteroatoms. The minimum Gasteiger partial charge on any atom is -0.414 e. The highest BCUT2D eigenvalue weighted by Gasteiger charge is 2.64. The van der Waals surface area contributed by atoms with Gasteiger partial charge in [0.25, 0.3) is 5.91 Å². The van der Waals surface area contributed by atoms with Crippen molar-refractivity contribution >= 4 is 28.8 Å². The van der Waals surface area contributed by atoms with E-state index < -0.39 is 46.8 Å². The summed E-state index contributed by atoms with van der Waals surface area (Å²) in [6.45, 7) is 18.8. The van der Waals surface area contributed by atoms with Crippen LogP contribution >= 0.6 is 0 Å². The summed E-state index contributed by atoms with van der Waals surface area (Å²) in [7, 11) is -5.81. The van der Waals surface area contributed by atoms with E-state index in [1.807, 2.05) is 6.07 Å². The van der Waals surface area contributed by atoms with Crippen LogP contribution in [0.3, 0.4) is 0 Å².